The number of amides is 3. The lowest BCUT2D eigenvalue weighted by molar-refractivity contribution is -0.148. The quantitative estimate of drug-likeness (QED) is 0.412. The van der Waals surface area contributed by atoms with Crippen molar-refractivity contribution in [2.75, 3.05) is 26.2 Å². The van der Waals surface area contributed by atoms with E-state index in [1.165, 1.54) is 0 Å². The van der Waals surface area contributed by atoms with Crippen molar-refractivity contribution in [1.29, 1.82) is 0 Å². The predicted octanol–water partition coefficient (Wildman–Crippen LogP) is 3.09. The van der Waals surface area contributed by atoms with Gasteiger partial charge in [0.1, 0.15) is 6.04 Å². The van der Waals surface area contributed by atoms with Crippen LogP contribution in [0.25, 0.3) is 0 Å². The zero-order chi connectivity index (χ0) is 26.1. The van der Waals surface area contributed by atoms with Crippen LogP contribution >= 0.6 is 11.8 Å². The summed E-state index contributed by atoms with van der Waals surface area (Å²) in [5.74, 6) is -1.35. The van der Waals surface area contributed by atoms with E-state index in [-0.39, 0.29) is 30.4 Å². The summed E-state index contributed by atoms with van der Waals surface area (Å²) < 4.78 is -1.08. The van der Waals surface area contributed by atoms with Gasteiger partial charge in [0.25, 0.3) is 0 Å². The van der Waals surface area contributed by atoms with Gasteiger partial charge in [0, 0.05) is 30.4 Å². The Kier molecular flexibility index (Phi) is 8.47. The van der Waals surface area contributed by atoms with Gasteiger partial charge in [-0.3, -0.25) is 14.4 Å². The highest BCUT2D eigenvalue weighted by Crippen LogP contribution is 2.72. The number of hydrogen-bond acceptors (Lipinski definition) is 5. The van der Waals surface area contributed by atoms with Crippen LogP contribution in [0.4, 0.5) is 0 Å². The molecule has 1 spiro atoms. The molecular formula is C27H43N3O4S. The third-order valence-electron chi connectivity index (χ3n) is 8.18. The first-order valence-electron chi connectivity index (χ1n) is 13.0. The van der Waals surface area contributed by atoms with Gasteiger partial charge in [-0.15, -0.1) is 24.9 Å². The number of aliphatic hydroxyl groups excluding tert-OH is 1. The Morgan fingerprint density at radius 3 is 2.37 bits per heavy atom. The molecule has 7 nitrogen and oxygen atoms in total. The van der Waals surface area contributed by atoms with Crippen LogP contribution in [0.15, 0.2) is 25.3 Å². The normalized spacial score (nSPS) is 32.0. The molecule has 196 valence electrons. The first-order valence-corrected chi connectivity index (χ1v) is 13.8. The average Bonchev–Trinajstić information content (AvgIpc) is 3.38. The van der Waals surface area contributed by atoms with E-state index in [1.807, 2.05) is 32.6 Å². The number of likely N-dealkylation sites (tertiary alicyclic amines) is 1. The highest BCUT2D eigenvalue weighted by Gasteiger charge is 2.78. The van der Waals surface area contributed by atoms with Gasteiger partial charge in [0.2, 0.25) is 17.7 Å². The summed E-state index contributed by atoms with van der Waals surface area (Å²) in [5, 5.41) is 10.2. The second kappa shape index (κ2) is 10.7. The van der Waals surface area contributed by atoms with Gasteiger partial charge in [0.15, 0.2) is 0 Å². The van der Waals surface area contributed by atoms with Gasteiger partial charge < -0.3 is 19.8 Å². The lowest BCUT2D eigenvalue weighted by atomic mass is 9.66. The van der Waals surface area contributed by atoms with Crippen molar-refractivity contribution >= 4 is 29.5 Å². The maximum Gasteiger partial charge on any atom is 0.247 e. The number of nitrogens with zero attached hydrogens (tertiary/aromatic N) is 3. The molecule has 3 aliphatic heterocycles. The predicted molar refractivity (Wildman–Crippen MR) is 141 cm³/mol. The Morgan fingerprint density at radius 1 is 1.20 bits per heavy atom. The lowest BCUT2D eigenvalue weighted by Crippen LogP contribution is -2.58. The van der Waals surface area contributed by atoms with Crippen LogP contribution in [0.5, 0.6) is 0 Å². The van der Waals surface area contributed by atoms with Crippen LogP contribution in [0.1, 0.15) is 60.3 Å². The first-order chi connectivity index (χ1) is 16.6. The zero-order valence-electron chi connectivity index (χ0n) is 22.0. The summed E-state index contributed by atoms with van der Waals surface area (Å²) >= 11 is 1.68. The molecular weight excluding hydrogens is 462 g/mol. The van der Waals surface area contributed by atoms with E-state index >= 15 is 0 Å². The molecule has 0 aromatic rings. The highest BCUT2D eigenvalue weighted by atomic mass is 32.2. The number of hydrogen-bond donors (Lipinski definition) is 1. The Bertz CT molecular complexity index is 859. The van der Waals surface area contributed by atoms with Crippen molar-refractivity contribution in [2.24, 2.45) is 11.8 Å². The van der Waals surface area contributed by atoms with Crippen molar-refractivity contribution in [3.63, 3.8) is 0 Å². The molecule has 2 bridgehead atoms. The summed E-state index contributed by atoms with van der Waals surface area (Å²) in [6, 6.07) is -1.23. The van der Waals surface area contributed by atoms with Crippen LogP contribution in [-0.2, 0) is 14.4 Å². The molecule has 3 amide bonds. The molecule has 3 fully saturated rings. The number of thioether (sulfide) groups is 1. The molecule has 0 radical (unpaired) electrons. The lowest BCUT2D eigenvalue weighted by Gasteiger charge is -2.40. The molecule has 0 aliphatic carbocycles. The van der Waals surface area contributed by atoms with Gasteiger partial charge in [-0.25, -0.2) is 0 Å². The van der Waals surface area contributed by atoms with E-state index in [9.17, 15) is 19.5 Å². The van der Waals surface area contributed by atoms with Crippen molar-refractivity contribution < 1.29 is 19.5 Å². The fourth-order valence-electron chi connectivity index (χ4n) is 6.59. The maximum absolute atomic E-state index is 14.2. The zero-order valence-corrected chi connectivity index (χ0v) is 22.9. The molecule has 0 saturated carbocycles. The van der Waals surface area contributed by atoms with Crippen molar-refractivity contribution in [2.45, 2.75) is 87.9 Å². The minimum Gasteiger partial charge on any atom is -0.394 e. The van der Waals surface area contributed by atoms with Crippen LogP contribution in [0.3, 0.4) is 0 Å². The number of aliphatic hydroxyl groups is 1. The summed E-state index contributed by atoms with van der Waals surface area (Å²) in [6.07, 6.45) is 6.29. The Balaban J connectivity index is 2.14. The van der Waals surface area contributed by atoms with Gasteiger partial charge in [-0.2, -0.15) is 0 Å². The molecule has 3 aliphatic rings. The molecule has 0 aromatic heterocycles. The number of rotatable bonds is 12. The summed E-state index contributed by atoms with van der Waals surface area (Å²) in [7, 11) is 0. The monoisotopic (exact) mass is 505 g/mol. The van der Waals surface area contributed by atoms with Crippen molar-refractivity contribution in [3.05, 3.63) is 25.3 Å². The molecule has 2 unspecified atom stereocenters. The largest absolute Gasteiger partial charge is 0.394 e. The van der Waals surface area contributed by atoms with Gasteiger partial charge in [0.05, 0.1) is 29.2 Å². The second-order valence-electron chi connectivity index (χ2n) is 10.7. The van der Waals surface area contributed by atoms with Crippen LogP contribution < -0.4 is 0 Å². The molecule has 35 heavy (non-hydrogen) atoms. The maximum atomic E-state index is 14.2. The minimum absolute atomic E-state index is 0.0152. The number of fused-ring (bicyclic) bond motifs is 1. The molecule has 3 saturated heterocycles. The fraction of sp³-hybridized carbons (Fsp3) is 0.741. The summed E-state index contributed by atoms with van der Waals surface area (Å²) in [5.41, 5.74) is 0. The van der Waals surface area contributed by atoms with Gasteiger partial charge >= 0.3 is 0 Å². The SMILES string of the molecule is C=CCN(CCC)C(=O)[C@@H]1[C@H]2C(=O)N([C@@H](CC)CO)C(C(=O)N(CC=C)C(C)C)C23CC[C@@]1(C)S3. The van der Waals surface area contributed by atoms with Crippen molar-refractivity contribution in [1.82, 2.24) is 14.7 Å². The second-order valence-corrected chi connectivity index (χ2v) is 12.6. The third kappa shape index (κ3) is 4.35. The standard InChI is InChI=1S/C27H43N3O4S/c1-8-14-28(15-9-2)23(32)20-21-24(33)30(19(11-4)17-31)22(25(34)29(16-10-3)18(5)6)27(21)13-12-26(20,7)35-27/h8,10,18-22,31H,1,3,9,11-17H2,2,4-7H3/t19-,20-,21-,22?,26+,27?/m0/s1. The molecule has 1 N–H and O–H groups in total. The van der Waals surface area contributed by atoms with E-state index in [0.29, 0.717) is 32.5 Å². The number of carbonyl (C=O) groups is 3. The van der Waals surface area contributed by atoms with Gasteiger partial charge in [-0.1, -0.05) is 26.0 Å². The summed E-state index contributed by atoms with van der Waals surface area (Å²) in [6.45, 7) is 18.9. The molecule has 8 heteroatoms. The van der Waals surface area contributed by atoms with Gasteiger partial charge in [-0.05, 0) is 46.5 Å². The van der Waals surface area contributed by atoms with E-state index in [2.05, 4.69) is 20.1 Å². The van der Waals surface area contributed by atoms with Crippen LogP contribution in [-0.4, -0.2) is 91.4 Å². The van der Waals surface area contributed by atoms with Crippen LogP contribution in [0, 0.1) is 11.8 Å². The van der Waals surface area contributed by atoms with E-state index < -0.39 is 33.4 Å². The number of carbonyl (C=O) groups excluding carboxylic acids is 3. The average molecular weight is 506 g/mol. The minimum atomic E-state index is -0.705. The van der Waals surface area contributed by atoms with E-state index in [0.717, 1.165) is 12.8 Å². The molecule has 3 heterocycles. The Labute approximate surface area is 215 Å². The summed E-state index contributed by atoms with van der Waals surface area (Å²) in [4.78, 5) is 47.6. The molecule has 3 rings (SSSR count). The smallest absolute Gasteiger partial charge is 0.247 e. The van der Waals surface area contributed by atoms with Crippen molar-refractivity contribution in [3.8, 4) is 0 Å². The first kappa shape index (κ1) is 27.8. The van der Waals surface area contributed by atoms with E-state index in [1.54, 1.807) is 33.7 Å². The Morgan fingerprint density at radius 2 is 1.86 bits per heavy atom. The fourth-order valence-corrected chi connectivity index (χ4v) is 8.92. The Hall–Kier alpha value is -1.80. The molecule has 0 aromatic carbocycles. The third-order valence-corrected chi connectivity index (χ3v) is 10.2. The van der Waals surface area contributed by atoms with Crippen LogP contribution in [0.2, 0.25) is 0 Å². The highest BCUT2D eigenvalue weighted by molar-refractivity contribution is 8.02. The topological polar surface area (TPSA) is 81.2 Å². The molecule has 6 atom stereocenters. The van der Waals surface area contributed by atoms with E-state index in [4.69, 9.17) is 0 Å².